The number of benzene rings is 1. The third kappa shape index (κ3) is 5.38. The average Bonchev–Trinajstić information content (AvgIpc) is 2.58. The predicted molar refractivity (Wildman–Crippen MR) is 91.7 cm³/mol. The van der Waals surface area contributed by atoms with Gasteiger partial charge in [0.2, 0.25) is 11.8 Å². The van der Waals surface area contributed by atoms with E-state index in [-0.39, 0.29) is 30.3 Å². The molecule has 0 saturated heterocycles. The van der Waals surface area contributed by atoms with Crippen molar-refractivity contribution in [3.8, 4) is 0 Å². The van der Waals surface area contributed by atoms with Crippen LogP contribution < -0.4 is 5.32 Å². The summed E-state index contributed by atoms with van der Waals surface area (Å²) in [6.07, 6.45) is 5.38. The lowest BCUT2D eigenvalue weighted by Crippen LogP contribution is -2.44. The summed E-state index contributed by atoms with van der Waals surface area (Å²) < 4.78 is 0. The molecule has 0 unspecified atom stereocenters. The van der Waals surface area contributed by atoms with Crippen LogP contribution in [0.1, 0.15) is 51.5 Å². The zero-order valence-electron chi connectivity index (χ0n) is 14.3. The summed E-state index contributed by atoms with van der Waals surface area (Å²) in [5.41, 5.74) is 1.10. The molecule has 126 valence electrons. The Bertz CT molecular complexity index is 507. The van der Waals surface area contributed by atoms with Gasteiger partial charge in [-0.2, -0.15) is 0 Å². The molecule has 0 aliphatic heterocycles. The van der Waals surface area contributed by atoms with E-state index >= 15 is 0 Å². The van der Waals surface area contributed by atoms with E-state index in [9.17, 15) is 9.59 Å². The molecule has 0 atom stereocenters. The summed E-state index contributed by atoms with van der Waals surface area (Å²) >= 11 is 0. The van der Waals surface area contributed by atoms with Crippen LogP contribution in [0.15, 0.2) is 30.3 Å². The van der Waals surface area contributed by atoms with Crippen molar-refractivity contribution in [2.75, 3.05) is 6.54 Å². The number of amides is 2. The molecule has 2 rings (SSSR count). The molecule has 4 heteroatoms. The average molecular weight is 316 g/mol. The van der Waals surface area contributed by atoms with Crippen molar-refractivity contribution in [3.05, 3.63) is 35.9 Å². The summed E-state index contributed by atoms with van der Waals surface area (Å²) in [6, 6.07) is 10.1. The van der Waals surface area contributed by atoms with Gasteiger partial charge in [-0.3, -0.25) is 9.59 Å². The second kappa shape index (κ2) is 8.70. The van der Waals surface area contributed by atoms with Crippen molar-refractivity contribution in [1.29, 1.82) is 0 Å². The molecule has 0 radical (unpaired) electrons. The summed E-state index contributed by atoms with van der Waals surface area (Å²) in [4.78, 5) is 26.5. The van der Waals surface area contributed by atoms with Crippen LogP contribution in [-0.2, 0) is 16.1 Å². The first-order valence-corrected chi connectivity index (χ1v) is 8.69. The minimum atomic E-state index is -0.0204. The topological polar surface area (TPSA) is 49.4 Å². The molecule has 1 N–H and O–H groups in total. The highest BCUT2D eigenvalue weighted by Gasteiger charge is 2.23. The number of nitrogens with zero attached hydrogens (tertiary/aromatic N) is 1. The van der Waals surface area contributed by atoms with Gasteiger partial charge < -0.3 is 10.2 Å². The molecule has 23 heavy (non-hydrogen) atoms. The van der Waals surface area contributed by atoms with Gasteiger partial charge in [-0.25, -0.2) is 0 Å². The van der Waals surface area contributed by atoms with Crippen molar-refractivity contribution < 1.29 is 9.59 Å². The molecule has 1 aromatic carbocycles. The Morgan fingerprint density at radius 3 is 2.39 bits per heavy atom. The van der Waals surface area contributed by atoms with E-state index in [2.05, 4.69) is 5.32 Å². The van der Waals surface area contributed by atoms with Crippen LogP contribution in [0.4, 0.5) is 0 Å². The highest BCUT2D eigenvalue weighted by atomic mass is 16.2. The Kier molecular flexibility index (Phi) is 6.63. The Balaban J connectivity index is 1.86. The van der Waals surface area contributed by atoms with Crippen molar-refractivity contribution in [3.63, 3.8) is 0 Å². The third-order valence-electron chi connectivity index (χ3n) is 4.53. The largest absolute Gasteiger partial charge is 0.347 e. The fourth-order valence-electron chi connectivity index (χ4n) is 3.11. The smallest absolute Gasteiger partial charge is 0.242 e. The fourth-order valence-corrected chi connectivity index (χ4v) is 3.11. The Hall–Kier alpha value is -1.84. The van der Waals surface area contributed by atoms with Gasteiger partial charge >= 0.3 is 0 Å². The molecule has 4 nitrogen and oxygen atoms in total. The van der Waals surface area contributed by atoms with E-state index in [1.165, 1.54) is 6.42 Å². The zero-order chi connectivity index (χ0) is 16.7. The van der Waals surface area contributed by atoms with Crippen LogP contribution in [0, 0.1) is 5.92 Å². The SMILES string of the molecule is CC(C)N(Cc1ccccc1)C(=O)CNC(=O)C1CCCCC1. The van der Waals surface area contributed by atoms with Gasteiger partial charge in [0.1, 0.15) is 0 Å². The molecule has 0 spiro atoms. The Morgan fingerprint density at radius 2 is 1.78 bits per heavy atom. The van der Waals surface area contributed by atoms with Crippen LogP contribution in [0.5, 0.6) is 0 Å². The fraction of sp³-hybridized carbons (Fsp3) is 0.579. The highest BCUT2D eigenvalue weighted by molar-refractivity contribution is 5.86. The first-order valence-electron chi connectivity index (χ1n) is 8.69. The lowest BCUT2D eigenvalue weighted by molar-refractivity contribution is -0.136. The minimum Gasteiger partial charge on any atom is -0.347 e. The number of carbonyl (C=O) groups is 2. The predicted octanol–water partition coefficient (Wildman–Crippen LogP) is 3.12. The second-order valence-corrected chi connectivity index (χ2v) is 6.65. The van der Waals surface area contributed by atoms with E-state index in [1.54, 1.807) is 0 Å². The number of hydrogen-bond acceptors (Lipinski definition) is 2. The van der Waals surface area contributed by atoms with Gasteiger partial charge in [-0.1, -0.05) is 49.6 Å². The van der Waals surface area contributed by atoms with E-state index < -0.39 is 0 Å². The quantitative estimate of drug-likeness (QED) is 0.876. The summed E-state index contributed by atoms with van der Waals surface area (Å²) in [5.74, 6) is 0.118. The molecule has 1 aromatic rings. The van der Waals surface area contributed by atoms with Gasteiger partial charge in [-0.05, 0) is 32.3 Å². The lowest BCUT2D eigenvalue weighted by Gasteiger charge is -2.28. The van der Waals surface area contributed by atoms with Crippen LogP contribution in [0.2, 0.25) is 0 Å². The first kappa shape index (κ1) is 17.5. The maximum atomic E-state index is 12.5. The number of rotatable bonds is 6. The molecule has 2 amide bonds. The molecular formula is C19H28N2O2. The maximum absolute atomic E-state index is 12.5. The summed E-state index contributed by atoms with van der Waals surface area (Å²) in [6.45, 7) is 4.69. The van der Waals surface area contributed by atoms with Gasteiger partial charge in [0.15, 0.2) is 0 Å². The maximum Gasteiger partial charge on any atom is 0.242 e. The monoisotopic (exact) mass is 316 g/mol. The van der Waals surface area contributed by atoms with E-state index in [1.807, 2.05) is 49.1 Å². The number of nitrogens with one attached hydrogen (secondary N) is 1. The highest BCUT2D eigenvalue weighted by Crippen LogP contribution is 2.23. The summed E-state index contributed by atoms with van der Waals surface area (Å²) in [5, 5.41) is 2.84. The van der Waals surface area contributed by atoms with Crippen LogP contribution in [-0.4, -0.2) is 29.3 Å². The second-order valence-electron chi connectivity index (χ2n) is 6.65. The van der Waals surface area contributed by atoms with E-state index in [4.69, 9.17) is 0 Å². The van der Waals surface area contributed by atoms with Gasteiger partial charge in [0.05, 0.1) is 6.54 Å². The van der Waals surface area contributed by atoms with Gasteiger partial charge in [-0.15, -0.1) is 0 Å². The van der Waals surface area contributed by atoms with E-state index in [0.717, 1.165) is 31.2 Å². The van der Waals surface area contributed by atoms with E-state index in [0.29, 0.717) is 6.54 Å². The van der Waals surface area contributed by atoms with Gasteiger partial charge in [0.25, 0.3) is 0 Å². The zero-order valence-corrected chi connectivity index (χ0v) is 14.3. The number of hydrogen-bond donors (Lipinski definition) is 1. The summed E-state index contributed by atoms with van der Waals surface area (Å²) in [7, 11) is 0. The van der Waals surface area contributed by atoms with Gasteiger partial charge in [0, 0.05) is 18.5 Å². The van der Waals surface area contributed by atoms with Crippen molar-refractivity contribution >= 4 is 11.8 Å². The molecule has 0 bridgehead atoms. The molecule has 1 aliphatic rings. The Morgan fingerprint density at radius 1 is 1.13 bits per heavy atom. The third-order valence-corrected chi connectivity index (χ3v) is 4.53. The first-order chi connectivity index (χ1) is 11.1. The molecule has 1 saturated carbocycles. The van der Waals surface area contributed by atoms with Crippen molar-refractivity contribution in [1.82, 2.24) is 10.2 Å². The molecular weight excluding hydrogens is 288 g/mol. The van der Waals surface area contributed by atoms with Crippen molar-refractivity contribution in [2.24, 2.45) is 5.92 Å². The van der Waals surface area contributed by atoms with Crippen LogP contribution in [0.3, 0.4) is 0 Å². The Labute approximate surface area is 139 Å². The standard InChI is InChI=1S/C19H28N2O2/c1-15(2)21(14-16-9-5-3-6-10-16)18(22)13-20-19(23)17-11-7-4-8-12-17/h3,5-6,9-10,15,17H,4,7-8,11-14H2,1-2H3,(H,20,23). The molecule has 1 fully saturated rings. The van der Waals surface area contributed by atoms with Crippen molar-refractivity contribution in [2.45, 2.75) is 58.5 Å². The molecule has 0 heterocycles. The normalized spacial score (nSPS) is 15.4. The molecule has 1 aliphatic carbocycles. The lowest BCUT2D eigenvalue weighted by atomic mass is 9.89. The number of carbonyl (C=O) groups excluding carboxylic acids is 2. The minimum absolute atomic E-state index is 0.0204. The van der Waals surface area contributed by atoms with Crippen LogP contribution in [0.25, 0.3) is 0 Å². The molecule has 0 aromatic heterocycles. The van der Waals surface area contributed by atoms with Crippen LogP contribution >= 0.6 is 0 Å².